The van der Waals surface area contributed by atoms with Gasteiger partial charge in [-0.1, -0.05) is 48.0 Å². The SMILES string of the molecule is Cc1ccc(C)c(CC(=O)NC(CC(=O)O)c2ccccc2C)c1. The lowest BCUT2D eigenvalue weighted by atomic mass is 9.98. The lowest BCUT2D eigenvalue weighted by Gasteiger charge is -2.20. The molecule has 1 atom stereocenters. The van der Waals surface area contributed by atoms with E-state index in [1.54, 1.807) is 0 Å². The van der Waals surface area contributed by atoms with Gasteiger partial charge in [0, 0.05) is 0 Å². The highest BCUT2D eigenvalue weighted by atomic mass is 16.4. The minimum Gasteiger partial charge on any atom is -0.481 e. The van der Waals surface area contributed by atoms with Crippen LogP contribution in [-0.2, 0) is 16.0 Å². The molecule has 0 fully saturated rings. The van der Waals surface area contributed by atoms with E-state index in [1.165, 1.54) is 0 Å². The Bertz CT molecular complexity index is 752. The monoisotopic (exact) mass is 325 g/mol. The summed E-state index contributed by atoms with van der Waals surface area (Å²) >= 11 is 0. The van der Waals surface area contributed by atoms with Crippen molar-refractivity contribution in [2.45, 2.75) is 39.7 Å². The fourth-order valence-electron chi connectivity index (χ4n) is 2.80. The van der Waals surface area contributed by atoms with Crippen LogP contribution in [0.2, 0.25) is 0 Å². The Balaban J connectivity index is 2.17. The summed E-state index contributed by atoms with van der Waals surface area (Å²) in [6, 6.07) is 13.0. The quantitative estimate of drug-likeness (QED) is 0.854. The van der Waals surface area contributed by atoms with E-state index in [1.807, 2.05) is 63.2 Å². The van der Waals surface area contributed by atoms with Crippen LogP contribution in [-0.4, -0.2) is 17.0 Å². The second kappa shape index (κ2) is 7.77. The molecule has 0 aliphatic heterocycles. The maximum atomic E-state index is 12.4. The van der Waals surface area contributed by atoms with Gasteiger partial charge in [0.1, 0.15) is 0 Å². The number of aryl methyl sites for hydroxylation is 3. The Morgan fingerprint density at radius 2 is 1.75 bits per heavy atom. The first-order chi connectivity index (χ1) is 11.4. The van der Waals surface area contributed by atoms with Gasteiger partial charge in [0.15, 0.2) is 0 Å². The molecule has 0 aliphatic rings. The number of carbonyl (C=O) groups is 2. The van der Waals surface area contributed by atoms with Crippen molar-refractivity contribution in [2.75, 3.05) is 0 Å². The third-order valence-electron chi connectivity index (χ3n) is 4.13. The van der Waals surface area contributed by atoms with Gasteiger partial charge in [0.25, 0.3) is 0 Å². The van der Waals surface area contributed by atoms with Crippen LogP contribution in [0.1, 0.15) is 40.3 Å². The zero-order valence-electron chi connectivity index (χ0n) is 14.3. The first-order valence-electron chi connectivity index (χ1n) is 7.99. The summed E-state index contributed by atoms with van der Waals surface area (Å²) in [6.45, 7) is 5.88. The van der Waals surface area contributed by atoms with Gasteiger partial charge in [-0.3, -0.25) is 9.59 Å². The number of nitrogens with one attached hydrogen (secondary N) is 1. The second-order valence-corrected chi connectivity index (χ2v) is 6.18. The van der Waals surface area contributed by atoms with E-state index in [-0.39, 0.29) is 18.7 Å². The van der Waals surface area contributed by atoms with Crippen LogP contribution in [0.3, 0.4) is 0 Å². The number of carbonyl (C=O) groups excluding carboxylic acids is 1. The first kappa shape index (κ1) is 17.7. The number of rotatable bonds is 6. The van der Waals surface area contributed by atoms with Crippen LogP contribution in [0, 0.1) is 20.8 Å². The fourth-order valence-corrected chi connectivity index (χ4v) is 2.80. The number of carboxylic acid groups (broad SMARTS) is 1. The molecular formula is C20H23NO3. The summed E-state index contributed by atoms with van der Waals surface area (Å²) in [5, 5.41) is 12.0. The third-order valence-corrected chi connectivity index (χ3v) is 4.13. The van der Waals surface area contributed by atoms with Crippen LogP contribution in [0.5, 0.6) is 0 Å². The lowest BCUT2D eigenvalue weighted by Crippen LogP contribution is -2.32. The fraction of sp³-hybridized carbons (Fsp3) is 0.300. The maximum absolute atomic E-state index is 12.4. The van der Waals surface area contributed by atoms with Gasteiger partial charge in [0.2, 0.25) is 5.91 Å². The van der Waals surface area contributed by atoms with Crippen molar-refractivity contribution in [1.82, 2.24) is 5.32 Å². The van der Waals surface area contributed by atoms with Crippen LogP contribution in [0.15, 0.2) is 42.5 Å². The van der Waals surface area contributed by atoms with Gasteiger partial charge >= 0.3 is 5.97 Å². The number of amides is 1. The largest absolute Gasteiger partial charge is 0.481 e. The smallest absolute Gasteiger partial charge is 0.305 e. The topological polar surface area (TPSA) is 66.4 Å². The van der Waals surface area contributed by atoms with Crippen molar-refractivity contribution in [3.05, 3.63) is 70.3 Å². The van der Waals surface area contributed by atoms with Crippen LogP contribution in [0.25, 0.3) is 0 Å². The average Bonchev–Trinajstić information content (AvgIpc) is 2.50. The molecular weight excluding hydrogens is 302 g/mol. The molecule has 2 aromatic rings. The number of hydrogen-bond donors (Lipinski definition) is 2. The van der Waals surface area contributed by atoms with E-state index in [4.69, 9.17) is 5.11 Å². The summed E-state index contributed by atoms with van der Waals surface area (Å²) in [7, 11) is 0. The molecule has 4 nitrogen and oxygen atoms in total. The molecule has 4 heteroatoms. The van der Waals surface area contributed by atoms with E-state index in [0.29, 0.717) is 0 Å². The summed E-state index contributed by atoms with van der Waals surface area (Å²) in [4.78, 5) is 23.6. The molecule has 0 aromatic heterocycles. The van der Waals surface area contributed by atoms with Crippen molar-refractivity contribution in [1.29, 1.82) is 0 Å². The van der Waals surface area contributed by atoms with Crippen molar-refractivity contribution < 1.29 is 14.7 Å². The van der Waals surface area contributed by atoms with Gasteiger partial charge in [-0.15, -0.1) is 0 Å². The zero-order chi connectivity index (χ0) is 17.7. The molecule has 2 N–H and O–H groups in total. The Hall–Kier alpha value is -2.62. The molecule has 0 radical (unpaired) electrons. The average molecular weight is 325 g/mol. The molecule has 0 bridgehead atoms. The number of hydrogen-bond acceptors (Lipinski definition) is 2. The molecule has 0 spiro atoms. The normalized spacial score (nSPS) is 11.8. The van der Waals surface area contributed by atoms with E-state index in [9.17, 15) is 9.59 Å². The molecule has 0 heterocycles. The summed E-state index contributed by atoms with van der Waals surface area (Å²) in [5.74, 6) is -1.10. The van der Waals surface area contributed by atoms with Gasteiger partial charge < -0.3 is 10.4 Å². The minimum atomic E-state index is -0.935. The van der Waals surface area contributed by atoms with Crippen LogP contribution < -0.4 is 5.32 Å². The van der Waals surface area contributed by atoms with Crippen LogP contribution >= 0.6 is 0 Å². The number of carboxylic acids is 1. The molecule has 126 valence electrons. The highest BCUT2D eigenvalue weighted by Gasteiger charge is 2.20. The lowest BCUT2D eigenvalue weighted by molar-refractivity contribution is -0.137. The van der Waals surface area contributed by atoms with Crippen molar-refractivity contribution in [3.63, 3.8) is 0 Å². The van der Waals surface area contributed by atoms with Crippen molar-refractivity contribution in [3.8, 4) is 0 Å². The van der Waals surface area contributed by atoms with E-state index in [0.717, 1.165) is 27.8 Å². The Labute approximate surface area is 142 Å². The highest BCUT2D eigenvalue weighted by Crippen LogP contribution is 2.21. The van der Waals surface area contributed by atoms with Gasteiger partial charge in [-0.2, -0.15) is 0 Å². The Morgan fingerprint density at radius 3 is 2.42 bits per heavy atom. The second-order valence-electron chi connectivity index (χ2n) is 6.18. The third kappa shape index (κ3) is 4.69. The van der Waals surface area contributed by atoms with Crippen molar-refractivity contribution >= 4 is 11.9 Å². The minimum absolute atomic E-state index is 0.136. The van der Waals surface area contributed by atoms with Gasteiger partial charge in [0.05, 0.1) is 18.9 Å². The Morgan fingerprint density at radius 1 is 1.04 bits per heavy atom. The van der Waals surface area contributed by atoms with Gasteiger partial charge in [-0.05, 0) is 43.0 Å². The van der Waals surface area contributed by atoms with E-state index in [2.05, 4.69) is 5.32 Å². The first-order valence-corrected chi connectivity index (χ1v) is 7.99. The van der Waals surface area contributed by atoms with Crippen molar-refractivity contribution in [2.24, 2.45) is 0 Å². The van der Waals surface area contributed by atoms with E-state index < -0.39 is 12.0 Å². The number of aliphatic carboxylic acids is 1. The molecule has 2 aromatic carbocycles. The predicted molar refractivity (Wildman–Crippen MR) is 93.9 cm³/mol. The summed E-state index contributed by atoms with van der Waals surface area (Å²) in [6.07, 6.45) is 0.110. The molecule has 2 rings (SSSR count). The molecule has 24 heavy (non-hydrogen) atoms. The molecule has 0 aliphatic carbocycles. The molecule has 1 amide bonds. The summed E-state index contributed by atoms with van der Waals surface area (Å²) in [5.41, 5.74) is 4.93. The maximum Gasteiger partial charge on any atom is 0.305 e. The standard InChI is InChI=1S/C20H23NO3/c1-13-8-9-14(2)16(10-13)11-19(22)21-18(12-20(23)24)17-7-5-4-6-15(17)3/h4-10,18H,11-12H2,1-3H3,(H,21,22)(H,23,24). The molecule has 0 saturated heterocycles. The molecule has 1 unspecified atom stereocenters. The Kier molecular flexibility index (Phi) is 5.74. The summed E-state index contributed by atoms with van der Waals surface area (Å²) < 4.78 is 0. The van der Waals surface area contributed by atoms with E-state index >= 15 is 0 Å². The van der Waals surface area contributed by atoms with Crippen LogP contribution in [0.4, 0.5) is 0 Å². The zero-order valence-corrected chi connectivity index (χ0v) is 14.3. The molecule has 0 saturated carbocycles. The highest BCUT2D eigenvalue weighted by molar-refractivity contribution is 5.80. The predicted octanol–water partition coefficient (Wildman–Crippen LogP) is 3.49. The van der Waals surface area contributed by atoms with Gasteiger partial charge in [-0.25, -0.2) is 0 Å². The number of benzene rings is 2.